The van der Waals surface area contributed by atoms with Gasteiger partial charge in [0, 0.05) is 13.0 Å². The Bertz CT molecular complexity index is 712. The van der Waals surface area contributed by atoms with Gasteiger partial charge in [-0.25, -0.2) is 0 Å². The van der Waals surface area contributed by atoms with Crippen LogP contribution in [0.1, 0.15) is 30.0 Å². The highest BCUT2D eigenvalue weighted by molar-refractivity contribution is 5.76. The Kier molecular flexibility index (Phi) is 7.06. The molecule has 0 fully saturated rings. The zero-order valence-electron chi connectivity index (χ0n) is 14.6. The first-order valence-corrected chi connectivity index (χ1v) is 8.53. The van der Waals surface area contributed by atoms with E-state index >= 15 is 0 Å². The summed E-state index contributed by atoms with van der Waals surface area (Å²) >= 11 is 0. The molecule has 3 nitrogen and oxygen atoms in total. The van der Waals surface area contributed by atoms with Crippen LogP contribution < -0.4 is 10.1 Å². The molecule has 0 unspecified atom stereocenters. The molecule has 0 saturated heterocycles. The first-order valence-electron chi connectivity index (χ1n) is 8.53. The summed E-state index contributed by atoms with van der Waals surface area (Å²) in [5, 5.41) is 2.80. The molecule has 1 amide bonds. The zero-order valence-corrected chi connectivity index (χ0v) is 14.6. The molecule has 1 N–H and O–H groups in total. The van der Waals surface area contributed by atoms with Gasteiger partial charge in [-0.05, 0) is 49.1 Å². The highest BCUT2D eigenvalue weighted by Crippen LogP contribution is 2.29. The van der Waals surface area contributed by atoms with Gasteiger partial charge in [0.25, 0.3) is 0 Å². The van der Waals surface area contributed by atoms with Crippen LogP contribution in [0.2, 0.25) is 0 Å². The lowest BCUT2D eigenvalue weighted by Crippen LogP contribution is -2.25. The molecule has 2 rings (SSSR count). The van der Waals surface area contributed by atoms with Crippen molar-refractivity contribution in [3.63, 3.8) is 0 Å². The summed E-state index contributed by atoms with van der Waals surface area (Å²) in [5.41, 5.74) is 1.06. The summed E-state index contributed by atoms with van der Waals surface area (Å²) < 4.78 is 43.1. The van der Waals surface area contributed by atoms with Crippen molar-refractivity contribution in [1.29, 1.82) is 0 Å². The van der Waals surface area contributed by atoms with Gasteiger partial charge >= 0.3 is 6.18 Å². The minimum Gasteiger partial charge on any atom is -0.494 e. The number of halogens is 3. The van der Waals surface area contributed by atoms with E-state index in [4.69, 9.17) is 4.74 Å². The van der Waals surface area contributed by atoms with E-state index < -0.39 is 11.7 Å². The van der Waals surface area contributed by atoms with E-state index in [2.05, 4.69) is 5.32 Å². The van der Waals surface area contributed by atoms with E-state index in [1.807, 2.05) is 31.2 Å². The molecular weight excluding hydrogens is 343 g/mol. The topological polar surface area (TPSA) is 38.3 Å². The van der Waals surface area contributed by atoms with E-state index in [9.17, 15) is 18.0 Å². The van der Waals surface area contributed by atoms with Crippen molar-refractivity contribution in [2.24, 2.45) is 0 Å². The molecule has 0 radical (unpaired) electrons. The molecule has 26 heavy (non-hydrogen) atoms. The largest absolute Gasteiger partial charge is 0.494 e. The van der Waals surface area contributed by atoms with E-state index in [0.29, 0.717) is 32.4 Å². The van der Waals surface area contributed by atoms with Crippen LogP contribution in [-0.4, -0.2) is 19.1 Å². The molecule has 0 aliphatic carbocycles. The average molecular weight is 365 g/mol. The van der Waals surface area contributed by atoms with Gasteiger partial charge in [-0.2, -0.15) is 13.2 Å². The van der Waals surface area contributed by atoms with E-state index in [0.717, 1.165) is 29.0 Å². The molecule has 0 atom stereocenters. The molecule has 140 valence electrons. The maximum absolute atomic E-state index is 12.5. The van der Waals surface area contributed by atoms with Crippen molar-refractivity contribution < 1.29 is 22.7 Å². The molecule has 0 bridgehead atoms. The Labute approximate surface area is 151 Å². The number of nitrogens with one attached hydrogen (secondary N) is 1. The van der Waals surface area contributed by atoms with Crippen molar-refractivity contribution in [3.05, 3.63) is 65.2 Å². The van der Waals surface area contributed by atoms with Crippen LogP contribution in [0.5, 0.6) is 5.75 Å². The molecule has 0 aromatic heterocycles. The van der Waals surface area contributed by atoms with E-state index in [-0.39, 0.29) is 5.91 Å². The number of ether oxygens (including phenoxy) is 1. The highest BCUT2D eigenvalue weighted by atomic mass is 19.4. The number of carbonyl (C=O) groups is 1. The molecule has 2 aromatic rings. The van der Waals surface area contributed by atoms with Crippen LogP contribution in [0.4, 0.5) is 13.2 Å². The Morgan fingerprint density at radius 3 is 2.38 bits per heavy atom. The number of hydrogen-bond acceptors (Lipinski definition) is 2. The van der Waals surface area contributed by atoms with Crippen LogP contribution in [0.15, 0.2) is 48.5 Å². The predicted molar refractivity (Wildman–Crippen MR) is 94.1 cm³/mol. The van der Waals surface area contributed by atoms with Gasteiger partial charge in [-0.15, -0.1) is 0 Å². The number of amides is 1. The second kappa shape index (κ2) is 9.27. The van der Waals surface area contributed by atoms with Gasteiger partial charge in [0.15, 0.2) is 0 Å². The van der Waals surface area contributed by atoms with Gasteiger partial charge in [0.05, 0.1) is 12.2 Å². The summed E-state index contributed by atoms with van der Waals surface area (Å²) in [6, 6.07) is 12.6. The lowest BCUT2D eigenvalue weighted by atomic mass is 10.1. The fourth-order valence-corrected chi connectivity index (χ4v) is 2.55. The molecule has 0 aliphatic rings. The lowest BCUT2D eigenvalue weighted by molar-refractivity contribution is -0.137. The Morgan fingerprint density at radius 1 is 1.04 bits per heavy atom. The summed E-state index contributed by atoms with van der Waals surface area (Å²) in [5.74, 6) is 0.691. The maximum Gasteiger partial charge on any atom is 0.416 e. The quantitative estimate of drug-likeness (QED) is 0.753. The molecule has 6 heteroatoms. The minimum atomic E-state index is -4.33. The van der Waals surface area contributed by atoms with E-state index in [1.165, 1.54) is 12.1 Å². The van der Waals surface area contributed by atoms with Crippen LogP contribution in [-0.2, 0) is 23.8 Å². The standard InChI is InChI=1S/C20H22F3NO2/c1-2-26-18-6-4-3-5-16(18)9-12-19(25)24-14-13-15-7-10-17(11-8-15)20(21,22)23/h3-8,10-11H,2,9,12-14H2,1H3,(H,24,25). The smallest absolute Gasteiger partial charge is 0.416 e. The van der Waals surface area contributed by atoms with Gasteiger partial charge in [-0.1, -0.05) is 30.3 Å². The lowest BCUT2D eigenvalue weighted by Gasteiger charge is -2.10. The zero-order chi connectivity index (χ0) is 19.0. The maximum atomic E-state index is 12.5. The fourth-order valence-electron chi connectivity index (χ4n) is 2.55. The molecule has 0 saturated carbocycles. The van der Waals surface area contributed by atoms with Crippen molar-refractivity contribution in [2.75, 3.05) is 13.2 Å². The summed E-state index contributed by atoms with van der Waals surface area (Å²) in [6.45, 7) is 2.86. The first kappa shape index (κ1) is 19.8. The van der Waals surface area contributed by atoms with Crippen LogP contribution in [0.25, 0.3) is 0 Å². The minimum absolute atomic E-state index is 0.0942. The van der Waals surface area contributed by atoms with Gasteiger partial charge < -0.3 is 10.1 Å². The number of carbonyl (C=O) groups excluding carboxylic acids is 1. The van der Waals surface area contributed by atoms with Crippen molar-refractivity contribution in [3.8, 4) is 5.75 Å². The molecule has 2 aromatic carbocycles. The summed E-state index contributed by atoms with van der Waals surface area (Å²) in [6.07, 6.45) is -2.94. The predicted octanol–water partition coefficient (Wildman–Crippen LogP) is 4.40. The number of para-hydroxylation sites is 1. The Balaban J connectivity index is 1.76. The summed E-state index contributed by atoms with van der Waals surface area (Å²) in [4.78, 5) is 12.0. The number of alkyl halides is 3. The fraction of sp³-hybridized carbons (Fsp3) is 0.350. The van der Waals surface area contributed by atoms with Gasteiger partial charge in [0.1, 0.15) is 5.75 Å². The normalized spacial score (nSPS) is 11.2. The van der Waals surface area contributed by atoms with E-state index in [1.54, 1.807) is 0 Å². The average Bonchev–Trinajstić information content (AvgIpc) is 2.61. The Hall–Kier alpha value is -2.50. The second-order valence-electron chi connectivity index (χ2n) is 5.84. The molecular formula is C20H22F3NO2. The highest BCUT2D eigenvalue weighted by Gasteiger charge is 2.29. The second-order valence-corrected chi connectivity index (χ2v) is 5.84. The third-order valence-electron chi connectivity index (χ3n) is 3.91. The van der Waals surface area contributed by atoms with Crippen molar-refractivity contribution in [2.45, 2.75) is 32.4 Å². The van der Waals surface area contributed by atoms with Gasteiger partial charge in [0.2, 0.25) is 5.91 Å². The van der Waals surface area contributed by atoms with Gasteiger partial charge in [-0.3, -0.25) is 4.79 Å². The number of rotatable bonds is 8. The molecule has 0 heterocycles. The molecule has 0 spiro atoms. The monoisotopic (exact) mass is 365 g/mol. The number of hydrogen-bond donors (Lipinski definition) is 1. The SMILES string of the molecule is CCOc1ccccc1CCC(=O)NCCc1ccc(C(F)(F)F)cc1. The van der Waals surface area contributed by atoms with Crippen molar-refractivity contribution >= 4 is 5.91 Å². The van der Waals surface area contributed by atoms with Crippen LogP contribution >= 0.6 is 0 Å². The number of aryl methyl sites for hydroxylation is 1. The third-order valence-corrected chi connectivity index (χ3v) is 3.91. The first-order chi connectivity index (χ1) is 12.4. The van der Waals surface area contributed by atoms with Crippen LogP contribution in [0.3, 0.4) is 0 Å². The van der Waals surface area contributed by atoms with Crippen molar-refractivity contribution in [1.82, 2.24) is 5.32 Å². The third kappa shape index (κ3) is 6.10. The van der Waals surface area contributed by atoms with Crippen LogP contribution in [0, 0.1) is 0 Å². The number of benzene rings is 2. The molecule has 0 aliphatic heterocycles. The Morgan fingerprint density at radius 2 is 1.73 bits per heavy atom. The summed E-state index contributed by atoms with van der Waals surface area (Å²) in [7, 11) is 0.